The molecular formula is C38H22N6O4. The molecule has 228 valence electrons. The largest absolute Gasteiger partial charge is 0.268 e. The Morgan fingerprint density at radius 2 is 0.792 bits per heavy atom. The van der Waals surface area contributed by atoms with Gasteiger partial charge in [0.15, 0.2) is 0 Å². The summed E-state index contributed by atoms with van der Waals surface area (Å²) in [5, 5.41) is 0.599. The number of anilines is 2. The summed E-state index contributed by atoms with van der Waals surface area (Å²) < 4.78 is 0. The van der Waals surface area contributed by atoms with E-state index in [4.69, 9.17) is 0 Å². The number of hydrogen-bond donors (Lipinski definition) is 0. The summed E-state index contributed by atoms with van der Waals surface area (Å²) in [6.07, 6.45) is 6.60. The van der Waals surface area contributed by atoms with E-state index >= 15 is 0 Å². The molecule has 10 heteroatoms. The van der Waals surface area contributed by atoms with Crippen LogP contribution in [0.25, 0.3) is 10.8 Å². The van der Waals surface area contributed by atoms with Gasteiger partial charge in [0.25, 0.3) is 23.6 Å². The zero-order valence-electron chi connectivity index (χ0n) is 25.0. The molecule has 0 fully saturated rings. The number of aliphatic imine (C=N–C) groups is 2. The van der Waals surface area contributed by atoms with Crippen LogP contribution >= 0.6 is 0 Å². The molecule has 0 atom stereocenters. The number of pyridine rings is 2. The number of hydrogen-bond acceptors (Lipinski definition) is 8. The lowest BCUT2D eigenvalue weighted by molar-refractivity contribution is 0.0873. The first-order chi connectivity index (χ1) is 23.5. The van der Waals surface area contributed by atoms with Crippen molar-refractivity contribution >= 4 is 69.6 Å². The second-order valence-corrected chi connectivity index (χ2v) is 11.0. The lowest BCUT2D eigenvalue weighted by Crippen LogP contribution is -2.43. The first-order valence-electron chi connectivity index (χ1n) is 15.0. The minimum absolute atomic E-state index is 0.228. The van der Waals surface area contributed by atoms with E-state index in [1.165, 1.54) is 0 Å². The average Bonchev–Trinajstić information content (AvgIpc) is 3.13. The maximum Gasteiger partial charge on any atom is 0.265 e. The molecule has 0 saturated carbocycles. The van der Waals surface area contributed by atoms with Gasteiger partial charge in [0.1, 0.15) is 0 Å². The zero-order valence-corrected chi connectivity index (χ0v) is 25.0. The molecule has 10 nitrogen and oxygen atoms in total. The van der Waals surface area contributed by atoms with Gasteiger partial charge in [-0.05, 0) is 97.1 Å². The molecule has 8 rings (SSSR count). The van der Waals surface area contributed by atoms with Gasteiger partial charge < -0.3 is 0 Å². The van der Waals surface area contributed by atoms with Gasteiger partial charge in [0.05, 0.1) is 46.6 Å². The van der Waals surface area contributed by atoms with E-state index in [-0.39, 0.29) is 22.3 Å². The van der Waals surface area contributed by atoms with Crippen LogP contribution in [-0.2, 0) is 0 Å². The Morgan fingerprint density at radius 1 is 0.438 bits per heavy atom. The summed E-state index contributed by atoms with van der Waals surface area (Å²) >= 11 is 0. The number of imide groups is 2. The van der Waals surface area contributed by atoms with Crippen molar-refractivity contribution in [2.45, 2.75) is 0 Å². The normalized spacial score (nSPS) is 14.2. The number of carbonyl (C=O) groups excluding carboxylic acids is 4. The van der Waals surface area contributed by atoms with E-state index in [1.807, 2.05) is 36.4 Å². The van der Waals surface area contributed by atoms with E-state index in [0.717, 1.165) is 9.80 Å². The van der Waals surface area contributed by atoms with E-state index < -0.39 is 23.6 Å². The number of amides is 4. The van der Waals surface area contributed by atoms with E-state index in [9.17, 15) is 19.2 Å². The van der Waals surface area contributed by atoms with E-state index in [2.05, 4.69) is 20.0 Å². The highest BCUT2D eigenvalue weighted by atomic mass is 16.2. The van der Waals surface area contributed by atoms with Gasteiger partial charge in [0.2, 0.25) is 0 Å². The number of rotatable bonds is 6. The van der Waals surface area contributed by atoms with Crippen LogP contribution in [0.15, 0.2) is 132 Å². The molecule has 4 aromatic carbocycles. The first-order valence-corrected chi connectivity index (χ1v) is 15.0. The van der Waals surface area contributed by atoms with Gasteiger partial charge in [-0.25, -0.2) is 9.80 Å². The number of benzene rings is 4. The van der Waals surface area contributed by atoms with Gasteiger partial charge in [-0.15, -0.1) is 0 Å². The SMILES string of the molecule is O=C1c2ccc3c4c(ccc(c24)C(=O)N1c1ccc(N=Cc2ccccn2)cc1)C(=O)N(c1ccc(N=Cc2ccccn2)cc1)C3=O. The van der Waals surface area contributed by atoms with Crippen LogP contribution in [0.2, 0.25) is 0 Å². The van der Waals surface area contributed by atoms with Crippen LogP contribution in [-0.4, -0.2) is 46.0 Å². The zero-order chi connectivity index (χ0) is 32.8. The van der Waals surface area contributed by atoms with Crippen LogP contribution in [0.1, 0.15) is 52.8 Å². The van der Waals surface area contributed by atoms with Crippen molar-refractivity contribution in [3.63, 3.8) is 0 Å². The van der Waals surface area contributed by atoms with Crippen LogP contribution < -0.4 is 9.80 Å². The highest BCUT2D eigenvalue weighted by Crippen LogP contribution is 2.40. The van der Waals surface area contributed by atoms with Crippen molar-refractivity contribution in [2.24, 2.45) is 9.98 Å². The molecule has 0 unspecified atom stereocenters. The predicted octanol–water partition coefficient (Wildman–Crippen LogP) is 6.73. The predicted molar refractivity (Wildman–Crippen MR) is 182 cm³/mol. The van der Waals surface area contributed by atoms with E-state index in [1.54, 1.807) is 97.6 Å². The van der Waals surface area contributed by atoms with Gasteiger partial charge in [-0.1, -0.05) is 12.1 Å². The van der Waals surface area contributed by atoms with Gasteiger partial charge in [-0.3, -0.25) is 39.1 Å². The molecule has 4 heterocycles. The van der Waals surface area contributed by atoms with Gasteiger partial charge in [-0.2, -0.15) is 0 Å². The molecule has 0 aliphatic carbocycles. The van der Waals surface area contributed by atoms with Crippen LogP contribution in [0.4, 0.5) is 22.7 Å². The number of carbonyl (C=O) groups is 4. The molecule has 0 bridgehead atoms. The van der Waals surface area contributed by atoms with Gasteiger partial charge >= 0.3 is 0 Å². The Bertz CT molecular complexity index is 2120. The fourth-order valence-corrected chi connectivity index (χ4v) is 5.91. The van der Waals surface area contributed by atoms with Crippen LogP contribution in [0.5, 0.6) is 0 Å². The Labute approximate surface area is 273 Å². The third-order valence-corrected chi connectivity index (χ3v) is 8.18. The fraction of sp³-hybridized carbons (Fsp3) is 0. The molecule has 0 spiro atoms. The maximum atomic E-state index is 13.8. The highest BCUT2D eigenvalue weighted by Gasteiger charge is 2.40. The topological polar surface area (TPSA) is 125 Å². The van der Waals surface area contributed by atoms with E-state index in [0.29, 0.717) is 44.9 Å². The number of aromatic nitrogens is 2. The van der Waals surface area contributed by atoms with Crippen molar-refractivity contribution in [2.75, 3.05) is 9.80 Å². The third-order valence-electron chi connectivity index (χ3n) is 8.18. The second kappa shape index (κ2) is 11.5. The van der Waals surface area contributed by atoms with Crippen molar-refractivity contribution in [3.8, 4) is 0 Å². The molecule has 4 amide bonds. The molecule has 0 radical (unpaired) electrons. The molecule has 0 saturated heterocycles. The van der Waals surface area contributed by atoms with Crippen LogP contribution in [0, 0.1) is 0 Å². The minimum atomic E-state index is -0.551. The lowest BCUT2D eigenvalue weighted by atomic mass is 9.85. The monoisotopic (exact) mass is 626 g/mol. The van der Waals surface area contributed by atoms with Crippen molar-refractivity contribution in [1.82, 2.24) is 9.97 Å². The molecule has 2 aliphatic heterocycles. The summed E-state index contributed by atoms with van der Waals surface area (Å²) in [7, 11) is 0. The minimum Gasteiger partial charge on any atom is -0.268 e. The highest BCUT2D eigenvalue weighted by molar-refractivity contribution is 6.42. The molecule has 2 aromatic heterocycles. The van der Waals surface area contributed by atoms with Crippen molar-refractivity contribution in [1.29, 1.82) is 0 Å². The summed E-state index contributed by atoms with van der Waals surface area (Å²) in [6, 6.07) is 30.6. The molecule has 0 N–H and O–H groups in total. The number of nitrogens with zero attached hydrogens (tertiary/aromatic N) is 6. The maximum absolute atomic E-state index is 13.8. The smallest absolute Gasteiger partial charge is 0.265 e. The first kappa shape index (κ1) is 28.5. The Balaban J connectivity index is 1.10. The molecule has 48 heavy (non-hydrogen) atoms. The lowest BCUT2D eigenvalue weighted by Gasteiger charge is -2.32. The Morgan fingerprint density at radius 3 is 1.10 bits per heavy atom. The van der Waals surface area contributed by atoms with Crippen LogP contribution in [0.3, 0.4) is 0 Å². The summed E-state index contributed by atoms with van der Waals surface area (Å²) in [5.74, 6) is -2.20. The summed E-state index contributed by atoms with van der Waals surface area (Å²) in [6.45, 7) is 0. The van der Waals surface area contributed by atoms with Crippen molar-refractivity contribution < 1.29 is 19.2 Å². The van der Waals surface area contributed by atoms with Gasteiger partial charge in [0, 0.05) is 45.4 Å². The quantitative estimate of drug-likeness (QED) is 0.149. The third kappa shape index (κ3) is 4.76. The Hall–Kier alpha value is -6.94. The average molecular weight is 627 g/mol. The summed E-state index contributed by atoms with van der Waals surface area (Å²) in [5.41, 5.74) is 4.28. The standard InChI is InChI=1S/C38H22N6O4/c45-35-29-15-17-31-34-32(38(48)44(37(31)47)28-13-9-24(10-14-28)42-22-26-6-2-4-20-40-26)18-16-30(33(29)34)36(46)43(35)27-11-7-23(8-12-27)41-21-25-5-1-3-19-39-25/h1-22H. The molecule has 6 aromatic rings. The van der Waals surface area contributed by atoms with Crippen molar-refractivity contribution in [3.05, 3.63) is 155 Å². The second-order valence-electron chi connectivity index (χ2n) is 11.0. The molecular weight excluding hydrogens is 604 g/mol. The Kier molecular flexibility index (Phi) is 6.81. The summed E-state index contributed by atoms with van der Waals surface area (Å²) in [4.78, 5) is 74.8. The molecule has 2 aliphatic rings. The fourth-order valence-electron chi connectivity index (χ4n) is 5.91.